The molecule has 1 nitrogen and oxygen atoms in total. The highest BCUT2D eigenvalue weighted by atomic mass is 32.1. The van der Waals surface area contributed by atoms with E-state index in [1.165, 1.54) is 17.4 Å². The van der Waals surface area contributed by atoms with Crippen molar-refractivity contribution in [3.05, 3.63) is 58.0 Å². The van der Waals surface area contributed by atoms with Gasteiger partial charge < -0.3 is 5.11 Å². The van der Waals surface area contributed by atoms with Crippen molar-refractivity contribution in [2.24, 2.45) is 0 Å². The van der Waals surface area contributed by atoms with Crippen LogP contribution in [0.3, 0.4) is 0 Å². The third-order valence-electron chi connectivity index (χ3n) is 2.06. The van der Waals surface area contributed by atoms with Gasteiger partial charge in [-0.15, -0.1) is 0 Å². The lowest BCUT2D eigenvalue weighted by atomic mass is 10.0. The quantitative estimate of drug-likeness (QED) is 0.804. The van der Waals surface area contributed by atoms with Crippen LogP contribution in [0.2, 0.25) is 0 Å². The van der Waals surface area contributed by atoms with Gasteiger partial charge in [0.25, 0.3) is 0 Å². The van der Waals surface area contributed by atoms with Crippen LogP contribution in [-0.4, -0.2) is 5.11 Å². The number of benzene rings is 1. The minimum Gasteiger partial charge on any atom is -0.384 e. The van der Waals surface area contributed by atoms with E-state index in [0.29, 0.717) is 5.56 Å². The Morgan fingerprint density at radius 3 is 2.64 bits per heavy atom. The van der Waals surface area contributed by atoms with E-state index < -0.39 is 6.10 Å². The third-order valence-corrected chi connectivity index (χ3v) is 2.76. The Morgan fingerprint density at radius 2 is 2.00 bits per heavy atom. The molecule has 0 fully saturated rings. The number of thiophene rings is 1. The molecule has 0 spiro atoms. The number of aliphatic hydroxyl groups is 1. The second-order valence-corrected chi connectivity index (χ2v) is 3.76. The molecule has 14 heavy (non-hydrogen) atoms. The van der Waals surface area contributed by atoms with Crippen molar-refractivity contribution in [3.8, 4) is 0 Å². The summed E-state index contributed by atoms with van der Waals surface area (Å²) < 4.78 is 13.3. The van der Waals surface area contributed by atoms with Crippen molar-refractivity contribution in [2.45, 2.75) is 6.10 Å². The minimum atomic E-state index is -0.859. The molecule has 1 heterocycles. The first-order chi connectivity index (χ1) is 6.79. The lowest BCUT2D eigenvalue weighted by Crippen LogP contribution is -2.00. The van der Waals surface area contributed by atoms with Gasteiger partial charge in [0.2, 0.25) is 0 Å². The molecule has 0 amide bonds. The summed E-state index contributed by atoms with van der Waals surface area (Å²) in [7, 11) is 0. The molecule has 0 saturated carbocycles. The van der Waals surface area contributed by atoms with Crippen LogP contribution in [0.5, 0.6) is 0 Å². The van der Waals surface area contributed by atoms with E-state index >= 15 is 0 Å². The highest BCUT2D eigenvalue weighted by Gasteiger charge is 2.13. The van der Waals surface area contributed by atoms with Crippen LogP contribution in [0.15, 0.2) is 41.1 Å². The fourth-order valence-electron chi connectivity index (χ4n) is 1.31. The predicted molar refractivity (Wildman–Crippen MR) is 54.8 cm³/mol. The Balaban J connectivity index is 2.37. The summed E-state index contributed by atoms with van der Waals surface area (Å²) in [4.78, 5) is 0. The van der Waals surface area contributed by atoms with Gasteiger partial charge in [0.05, 0.1) is 0 Å². The summed E-state index contributed by atoms with van der Waals surface area (Å²) in [5, 5.41) is 13.5. The molecular formula is C11H9FOS. The average Bonchev–Trinajstić information content (AvgIpc) is 2.70. The van der Waals surface area contributed by atoms with Crippen molar-refractivity contribution in [1.29, 1.82) is 0 Å². The molecule has 2 rings (SSSR count). The van der Waals surface area contributed by atoms with Gasteiger partial charge in [-0.25, -0.2) is 4.39 Å². The average molecular weight is 208 g/mol. The summed E-state index contributed by atoms with van der Waals surface area (Å²) in [5.41, 5.74) is 1.06. The summed E-state index contributed by atoms with van der Waals surface area (Å²) in [6.45, 7) is 0. The molecule has 1 aromatic heterocycles. The Labute approximate surface area is 85.5 Å². The van der Waals surface area contributed by atoms with Crippen LogP contribution < -0.4 is 0 Å². The van der Waals surface area contributed by atoms with Gasteiger partial charge in [-0.3, -0.25) is 0 Å². The van der Waals surface area contributed by atoms with Crippen molar-refractivity contribution >= 4 is 11.3 Å². The maximum atomic E-state index is 13.3. The highest BCUT2D eigenvalue weighted by Crippen LogP contribution is 2.25. The predicted octanol–water partition coefficient (Wildman–Crippen LogP) is 2.97. The Kier molecular flexibility index (Phi) is 2.61. The maximum absolute atomic E-state index is 13.3. The molecule has 1 N–H and O–H groups in total. The molecule has 2 aromatic rings. The Bertz CT molecular complexity index is 411. The van der Waals surface area contributed by atoms with Crippen molar-refractivity contribution in [2.75, 3.05) is 0 Å². The molecule has 0 radical (unpaired) electrons. The smallest absolute Gasteiger partial charge is 0.129 e. The number of hydrogen-bond donors (Lipinski definition) is 1. The lowest BCUT2D eigenvalue weighted by molar-refractivity contribution is 0.215. The molecule has 0 aliphatic heterocycles. The fraction of sp³-hybridized carbons (Fsp3) is 0.0909. The zero-order valence-corrected chi connectivity index (χ0v) is 8.17. The van der Waals surface area contributed by atoms with E-state index in [0.717, 1.165) is 5.56 Å². The normalized spacial score (nSPS) is 12.7. The first-order valence-corrected chi connectivity index (χ1v) is 5.18. The van der Waals surface area contributed by atoms with E-state index in [1.807, 2.05) is 10.8 Å². The molecule has 72 valence electrons. The monoisotopic (exact) mass is 208 g/mol. The summed E-state index contributed by atoms with van der Waals surface area (Å²) in [5.74, 6) is -0.369. The molecule has 0 aliphatic rings. The zero-order chi connectivity index (χ0) is 9.97. The fourth-order valence-corrected chi connectivity index (χ4v) is 1.99. The molecule has 0 bridgehead atoms. The Hall–Kier alpha value is -1.19. The van der Waals surface area contributed by atoms with E-state index in [4.69, 9.17) is 0 Å². The number of aliphatic hydroxyl groups excluding tert-OH is 1. The highest BCUT2D eigenvalue weighted by molar-refractivity contribution is 7.07. The van der Waals surface area contributed by atoms with Crippen LogP contribution in [0, 0.1) is 5.82 Å². The van der Waals surface area contributed by atoms with E-state index in [9.17, 15) is 9.50 Å². The van der Waals surface area contributed by atoms with Gasteiger partial charge in [-0.1, -0.05) is 18.2 Å². The van der Waals surface area contributed by atoms with Gasteiger partial charge >= 0.3 is 0 Å². The zero-order valence-electron chi connectivity index (χ0n) is 7.35. The second-order valence-electron chi connectivity index (χ2n) is 2.98. The molecule has 1 aromatic carbocycles. The molecular weight excluding hydrogens is 199 g/mol. The topological polar surface area (TPSA) is 20.2 Å². The summed E-state index contributed by atoms with van der Waals surface area (Å²) in [6.07, 6.45) is -0.859. The number of halogens is 1. The van der Waals surface area contributed by atoms with Crippen LogP contribution in [0.4, 0.5) is 4.39 Å². The number of hydrogen-bond acceptors (Lipinski definition) is 2. The lowest BCUT2D eigenvalue weighted by Gasteiger charge is -2.09. The van der Waals surface area contributed by atoms with Gasteiger partial charge in [0, 0.05) is 5.56 Å². The van der Waals surface area contributed by atoms with Gasteiger partial charge in [0.15, 0.2) is 0 Å². The van der Waals surface area contributed by atoms with Gasteiger partial charge in [-0.05, 0) is 28.5 Å². The molecule has 0 saturated heterocycles. The van der Waals surface area contributed by atoms with Crippen LogP contribution in [0.25, 0.3) is 0 Å². The van der Waals surface area contributed by atoms with Crippen LogP contribution in [0.1, 0.15) is 17.2 Å². The van der Waals surface area contributed by atoms with Crippen molar-refractivity contribution < 1.29 is 9.50 Å². The summed E-state index contributed by atoms with van der Waals surface area (Å²) >= 11 is 1.49. The SMILES string of the molecule is OC(c1ccsc1)c1ccccc1F. The Morgan fingerprint density at radius 1 is 1.21 bits per heavy atom. The van der Waals surface area contributed by atoms with Crippen molar-refractivity contribution in [3.63, 3.8) is 0 Å². The standard InChI is InChI=1S/C11H9FOS/c12-10-4-2-1-3-9(10)11(13)8-5-6-14-7-8/h1-7,11,13H. The summed E-state index contributed by atoms with van der Waals surface area (Å²) in [6, 6.07) is 8.07. The molecule has 1 unspecified atom stereocenters. The van der Waals surface area contributed by atoms with E-state index in [2.05, 4.69) is 0 Å². The molecule has 1 atom stereocenters. The van der Waals surface area contributed by atoms with Crippen LogP contribution in [-0.2, 0) is 0 Å². The first kappa shape index (κ1) is 9.37. The first-order valence-electron chi connectivity index (χ1n) is 4.23. The maximum Gasteiger partial charge on any atom is 0.129 e. The third kappa shape index (κ3) is 1.69. The second kappa shape index (κ2) is 3.90. The molecule has 3 heteroatoms. The largest absolute Gasteiger partial charge is 0.384 e. The minimum absolute atomic E-state index is 0.325. The van der Waals surface area contributed by atoms with Gasteiger partial charge in [0.1, 0.15) is 11.9 Å². The van der Waals surface area contributed by atoms with E-state index in [-0.39, 0.29) is 5.82 Å². The van der Waals surface area contributed by atoms with Crippen LogP contribution >= 0.6 is 11.3 Å². The van der Waals surface area contributed by atoms with Gasteiger partial charge in [-0.2, -0.15) is 11.3 Å². The van der Waals surface area contributed by atoms with E-state index in [1.54, 1.807) is 24.3 Å². The number of rotatable bonds is 2. The van der Waals surface area contributed by atoms with Crippen molar-refractivity contribution in [1.82, 2.24) is 0 Å². The molecule has 0 aliphatic carbocycles.